The predicted octanol–water partition coefficient (Wildman–Crippen LogP) is 4.77. The summed E-state index contributed by atoms with van der Waals surface area (Å²) in [5.41, 5.74) is 4.29. The van der Waals surface area contributed by atoms with Crippen LogP contribution in [0.3, 0.4) is 0 Å². The summed E-state index contributed by atoms with van der Waals surface area (Å²) in [4.78, 5) is 29.5. The van der Waals surface area contributed by atoms with Crippen molar-refractivity contribution in [1.82, 2.24) is 15.0 Å². The molecule has 0 saturated carbocycles. The van der Waals surface area contributed by atoms with Gasteiger partial charge in [0.2, 0.25) is 0 Å². The topological polar surface area (TPSA) is 91.2 Å². The molecular formula is C24H24ClN3O4. The number of rotatable bonds is 2. The predicted molar refractivity (Wildman–Crippen MR) is 125 cm³/mol. The molecule has 0 aliphatic carbocycles. The lowest BCUT2D eigenvalue weighted by atomic mass is 10.2. The summed E-state index contributed by atoms with van der Waals surface area (Å²) in [6.45, 7) is 8.07. The third-order valence-electron chi connectivity index (χ3n) is 3.98. The second kappa shape index (κ2) is 13.5. The van der Waals surface area contributed by atoms with Crippen LogP contribution < -0.4 is 4.74 Å². The van der Waals surface area contributed by atoms with Gasteiger partial charge in [0.15, 0.2) is 0 Å². The summed E-state index contributed by atoms with van der Waals surface area (Å²) in [5, 5.41) is 9.16. The number of hydrogen-bond donors (Lipinski definition) is 0. The molecule has 0 unspecified atom stereocenters. The molecule has 4 rings (SSSR count). The van der Waals surface area contributed by atoms with E-state index in [0.29, 0.717) is 16.8 Å². The normalized spacial score (nSPS) is 9.25. The maximum atomic E-state index is 12.0. The number of fused-ring (bicyclic) bond motifs is 1. The highest BCUT2D eigenvalue weighted by Gasteiger charge is 2.10. The Kier molecular flexibility index (Phi) is 11.0. The second-order valence-electron chi connectivity index (χ2n) is 6.35. The lowest BCUT2D eigenvalue weighted by molar-refractivity contribution is -0.0987. The standard InChI is InChI=1S/C14H11N3O2.C8H9Cl.2CH2O/c1-17-15-12-8-7-10(9-13(12)16-17)14(18)19-11-5-3-2-4-6-11;1-6-3-4-8(9)7(2)5-6;2*1-2/h2-9H,1H3;3-5H,1-2H3;2*1H2. The van der Waals surface area contributed by atoms with Gasteiger partial charge in [0.25, 0.3) is 0 Å². The van der Waals surface area contributed by atoms with Gasteiger partial charge in [0.05, 0.1) is 5.56 Å². The monoisotopic (exact) mass is 453 g/mol. The molecule has 0 fully saturated rings. The van der Waals surface area contributed by atoms with Gasteiger partial charge < -0.3 is 14.3 Å². The maximum Gasteiger partial charge on any atom is 0.343 e. The summed E-state index contributed by atoms with van der Waals surface area (Å²) >= 11 is 5.78. The van der Waals surface area contributed by atoms with Gasteiger partial charge in [0, 0.05) is 12.1 Å². The second-order valence-corrected chi connectivity index (χ2v) is 6.76. The number of benzene rings is 3. The van der Waals surface area contributed by atoms with Crippen molar-refractivity contribution in [3.8, 4) is 5.75 Å². The summed E-state index contributed by atoms with van der Waals surface area (Å²) in [6.07, 6.45) is 0. The Hall–Kier alpha value is -3.84. The van der Waals surface area contributed by atoms with E-state index in [1.807, 2.05) is 50.8 Å². The van der Waals surface area contributed by atoms with Crippen LogP contribution in [-0.4, -0.2) is 34.5 Å². The van der Waals surface area contributed by atoms with Crippen LogP contribution in [0.25, 0.3) is 11.0 Å². The molecule has 0 spiro atoms. The van der Waals surface area contributed by atoms with Gasteiger partial charge in [-0.05, 0) is 55.8 Å². The number of ether oxygens (including phenoxy) is 1. The largest absolute Gasteiger partial charge is 0.423 e. The van der Waals surface area contributed by atoms with Crippen LogP contribution in [0.2, 0.25) is 5.02 Å². The molecule has 0 aliphatic heterocycles. The smallest absolute Gasteiger partial charge is 0.343 e. The number of hydrogen-bond acceptors (Lipinski definition) is 6. The van der Waals surface area contributed by atoms with Crippen LogP contribution in [0.1, 0.15) is 21.5 Å². The Morgan fingerprint density at radius 2 is 1.50 bits per heavy atom. The minimum absolute atomic E-state index is 0.404. The molecule has 0 atom stereocenters. The van der Waals surface area contributed by atoms with Gasteiger partial charge in [-0.3, -0.25) is 0 Å². The highest BCUT2D eigenvalue weighted by atomic mass is 35.5. The molecule has 0 aliphatic rings. The van der Waals surface area contributed by atoms with E-state index < -0.39 is 5.97 Å². The fraction of sp³-hybridized carbons (Fsp3) is 0.125. The lowest BCUT2D eigenvalue weighted by Crippen LogP contribution is -2.08. The summed E-state index contributed by atoms with van der Waals surface area (Å²) < 4.78 is 5.26. The highest BCUT2D eigenvalue weighted by Crippen LogP contribution is 2.16. The van der Waals surface area contributed by atoms with Crippen molar-refractivity contribution in [3.05, 3.63) is 88.4 Å². The van der Waals surface area contributed by atoms with Crippen molar-refractivity contribution in [2.75, 3.05) is 0 Å². The summed E-state index contributed by atoms with van der Waals surface area (Å²) in [6, 6.07) is 20.1. The molecular weight excluding hydrogens is 430 g/mol. The molecule has 0 N–H and O–H groups in total. The SMILES string of the molecule is C=O.C=O.Cc1ccc(Cl)c(C)c1.Cn1nc2ccc(C(=O)Oc3ccccc3)cc2n1. The van der Waals surface area contributed by atoms with E-state index in [4.69, 9.17) is 25.9 Å². The molecule has 0 radical (unpaired) electrons. The van der Waals surface area contributed by atoms with Crippen molar-refractivity contribution in [1.29, 1.82) is 0 Å². The Balaban J connectivity index is 0.000000332. The van der Waals surface area contributed by atoms with E-state index in [-0.39, 0.29) is 0 Å². The molecule has 3 aromatic carbocycles. The van der Waals surface area contributed by atoms with Crippen molar-refractivity contribution in [2.24, 2.45) is 7.05 Å². The first-order chi connectivity index (χ1) is 15.4. The average Bonchev–Trinajstić information content (AvgIpc) is 3.19. The summed E-state index contributed by atoms with van der Waals surface area (Å²) in [7, 11) is 1.74. The van der Waals surface area contributed by atoms with Gasteiger partial charge >= 0.3 is 5.97 Å². The fourth-order valence-corrected chi connectivity index (χ4v) is 2.72. The molecule has 1 heterocycles. The summed E-state index contributed by atoms with van der Waals surface area (Å²) in [5.74, 6) is 0.116. The Morgan fingerprint density at radius 3 is 2.09 bits per heavy atom. The maximum absolute atomic E-state index is 12.0. The number of halogens is 1. The van der Waals surface area contributed by atoms with Gasteiger partial charge in [-0.1, -0.05) is 47.5 Å². The fourth-order valence-electron chi connectivity index (χ4n) is 2.60. The first kappa shape index (κ1) is 26.2. The highest BCUT2D eigenvalue weighted by molar-refractivity contribution is 6.31. The van der Waals surface area contributed by atoms with Crippen LogP contribution in [0.4, 0.5) is 0 Å². The zero-order valence-electron chi connectivity index (χ0n) is 18.1. The molecule has 0 saturated heterocycles. The van der Waals surface area contributed by atoms with E-state index in [9.17, 15) is 4.79 Å². The Bertz CT molecular complexity index is 1140. The van der Waals surface area contributed by atoms with E-state index in [0.717, 1.165) is 16.1 Å². The molecule has 4 aromatic rings. The van der Waals surface area contributed by atoms with Gasteiger partial charge in [-0.25, -0.2) is 4.79 Å². The van der Waals surface area contributed by atoms with Crippen molar-refractivity contribution in [2.45, 2.75) is 13.8 Å². The van der Waals surface area contributed by atoms with Gasteiger partial charge in [0.1, 0.15) is 30.4 Å². The van der Waals surface area contributed by atoms with E-state index in [1.165, 1.54) is 10.4 Å². The van der Waals surface area contributed by atoms with E-state index in [1.54, 1.807) is 37.4 Å². The number of nitrogens with zero attached hydrogens (tertiary/aromatic N) is 3. The lowest BCUT2D eigenvalue weighted by Gasteiger charge is -2.03. The van der Waals surface area contributed by atoms with E-state index >= 15 is 0 Å². The zero-order valence-corrected chi connectivity index (χ0v) is 18.9. The number of carbonyl (C=O) groups excluding carboxylic acids is 3. The van der Waals surface area contributed by atoms with Crippen molar-refractivity contribution in [3.63, 3.8) is 0 Å². The zero-order chi connectivity index (χ0) is 24.1. The molecule has 8 heteroatoms. The number of aromatic nitrogens is 3. The Morgan fingerprint density at radius 1 is 0.875 bits per heavy atom. The third kappa shape index (κ3) is 7.77. The third-order valence-corrected chi connectivity index (χ3v) is 4.41. The van der Waals surface area contributed by atoms with Crippen molar-refractivity contribution < 1.29 is 19.1 Å². The number of aryl methyl sites for hydroxylation is 3. The quantitative estimate of drug-likeness (QED) is 0.320. The Labute approximate surface area is 191 Å². The first-order valence-electron chi connectivity index (χ1n) is 9.31. The van der Waals surface area contributed by atoms with Crippen LogP contribution in [0.15, 0.2) is 66.7 Å². The minimum atomic E-state index is -0.404. The van der Waals surface area contributed by atoms with Crippen LogP contribution in [0, 0.1) is 13.8 Å². The molecule has 0 bridgehead atoms. The molecule has 7 nitrogen and oxygen atoms in total. The van der Waals surface area contributed by atoms with Crippen molar-refractivity contribution >= 4 is 42.2 Å². The van der Waals surface area contributed by atoms with Gasteiger partial charge in [-0.15, -0.1) is 0 Å². The molecule has 166 valence electrons. The first-order valence-corrected chi connectivity index (χ1v) is 9.69. The average molecular weight is 454 g/mol. The minimum Gasteiger partial charge on any atom is -0.423 e. The molecule has 1 aromatic heterocycles. The van der Waals surface area contributed by atoms with Crippen LogP contribution >= 0.6 is 11.6 Å². The van der Waals surface area contributed by atoms with Crippen LogP contribution in [-0.2, 0) is 16.6 Å². The van der Waals surface area contributed by atoms with Crippen LogP contribution in [0.5, 0.6) is 5.75 Å². The number of carbonyl (C=O) groups is 3. The molecule has 0 amide bonds. The van der Waals surface area contributed by atoms with Gasteiger partial charge in [-0.2, -0.15) is 15.0 Å². The molecule has 32 heavy (non-hydrogen) atoms. The number of para-hydroxylation sites is 1. The van der Waals surface area contributed by atoms with E-state index in [2.05, 4.69) is 23.2 Å². The number of esters is 1.